The topological polar surface area (TPSA) is 168 Å². The lowest BCUT2D eigenvalue weighted by atomic mass is 9.58. The number of carbonyl (C=O) groups is 3. The average Bonchev–Trinajstić information content (AvgIpc) is 2.85. The Labute approximate surface area is 237 Å². The van der Waals surface area contributed by atoms with Gasteiger partial charge < -0.3 is 36.0 Å². The summed E-state index contributed by atoms with van der Waals surface area (Å²) in [6.45, 7) is 0.609. The summed E-state index contributed by atoms with van der Waals surface area (Å²) in [4.78, 5) is 45.3. The van der Waals surface area contributed by atoms with Gasteiger partial charge in [-0.25, -0.2) is 0 Å². The maximum Gasteiger partial charge on any atom is 0.255 e. The van der Waals surface area contributed by atoms with Crippen molar-refractivity contribution in [2.75, 3.05) is 47.2 Å². The molecule has 41 heavy (non-hydrogen) atoms. The molecule has 0 saturated heterocycles. The van der Waals surface area contributed by atoms with Gasteiger partial charge in [-0.05, 0) is 64.1 Å². The quantitative estimate of drug-likeness (QED) is 0.335. The highest BCUT2D eigenvalue weighted by Crippen LogP contribution is 2.54. The van der Waals surface area contributed by atoms with E-state index in [0.29, 0.717) is 17.5 Å². The number of rotatable bonds is 5. The molecule has 0 spiro atoms. The zero-order valence-electron chi connectivity index (χ0n) is 24.0. The Morgan fingerprint density at radius 2 is 1.71 bits per heavy atom. The first kappa shape index (κ1) is 28.6. The number of carbonyl (C=O) groups excluding carboxylic acids is 3. The number of nitrogens with two attached hydrogens (primary N) is 1. The maximum absolute atomic E-state index is 14.2. The summed E-state index contributed by atoms with van der Waals surface area (Å²) in [5, 5.41) is 47.1. The predicted molar refractivity (Wildman–Crippen MR) is 153 cm³/mol. The third kappa shape index (κ3) is 3.94. The number of likely N-dealkylation sites (N-methyl/N-ethyl adjacent to an activating group) is 1. The van der Waals surface area contributed by atoms with Gasteiger partial charge in [0.05, 0.1) is 11.6 Å². The van der Waals surface area contributed by atoms with Crippen molar-refractivity contribution in [1.82, 2.24) is 9.80 Å². The second-order valence-corrected chi connectivity index (χ2v) is 12.0. The van der Waals surface area contributed by atoms with Gasteiger partial charge in [0.15, 0.2) is 11.4 Å². The van der Waals surface area contributed by atoms with Gasteiger partial charge in [-0.2, -0.15) is 0 Å². The highest BCUT2D eigenvalue weighted by atomic mass is 16.3. The van der Waals surface area contributed by atoms with Crippen LogP contribution in [0.1, 0.15) is 27.9 Å². The molecule has 2 aromatic rings. The normalized spacial score (nSPS) is 26.0. The summed E-state index contributed by atoms with van der Waals surface area (Å²) in [5.74, 6) is -6.61. The zero-order chi connectivity index (χ0) is 30.3. The van der Waals surface area contributed by atoms with Crippen molar-refractivity contribution in [3.63, 3.8) is 0 Å². The first-order valence-electron chi connectivity index (χ1n) is 13.4. The number of anilines is 1. The van der Waals surface area contributed by atoms with E-state index in [4.69, 9.17) is 5.73 Å². The molecule has 3 aliphatic rings. The van der Waals surface area contributed by atoms with E-state index in [1.807, 2.05) is 56.2 Å². The third-order valence-corrected chi connectivity index (χ3v) is 8.68. The molecule has 0 radical (unpaired) electrons. The second kappa shape index (κ2) is 9.57. The largest absolute Gasteiger partial charge is 0.510 e. The third-order valence-electron chi connectivity index (χ3n) is 8.68. The van der Waals surface area contributed by atoms with Crippen LogP contribution in [0.5, 0.6) is 5.75 Å². The minimum Gasteiger partial charge on any atom is -0.510 e. The van der Waals surface area contributed by atoms with Crippen LogP contribution in [0.25, 0.3) is 10.8 Å². The smallest absolute Gasteiger partial charge is 0.255 e. The van der Waals surface area contributed by atoms with E-state index < -0.39 is 58.0 Å². The van der Waals surface area contributed by atoms with Gasteiger partial charge in [0.1, 0.15) is 22.8 Å². The maximum atomic E-state index is 14.2. The number of Topliss-reactive ketones (excluding diaryl/α,β-unsaturated/α-hetero) is 2. The van der Waals surface area contributed by atoms with Crippen LogP contribution in [0.3, 0.4) is 0 Å². The van der Waals surface area contributed by atoms with E-state index in [-0.39, 0.29) is 29.7 Å². The fraction of sp³-hybridized carbons (Fsp3) is 0.433. The van der Waals surface area contributed by atoms with Crippen LogP contribution in [0.2, 0.25) is 0 Å². The van der Waals surface area contributed by atoms with Crippen molar-refractivity contribution >= 4 is 33.9 Å². The number of aromatic hydroxyl groups is 1. The molecule has 3 aliphatic carbocycles. The first-order chi connectivity index (χ1) is 19.1. The van der Waals surface area contributed by atoms with Gasteiger partial charge in [0.25, 0.3) is 5.91 Å². The number of allylic oxidation sites excluding steroid dienone is 1. The van der Waals surface area contributed by atoms with E-state index in [1.54, 1.807) is 14.1 Å². The highest BCUT2D eigenvalue weighted by Gasteiger charge is 2.63. The van der Waals surface area contributed by atoms with E-state index >= 15 is 0 Å². The van der Waals surface area contributed by atoms with Gasteiger partial charge in [0, 0.05) is 48.6 Å². The number of phenolic OH excluding ortho intramolecular Hbond substituents is 1. The van der Waals surface area contributed by atoms with Crippen molar-refractivity contribution < 1.29 is 34.8 Å². The van der Waals surface area contributed by atoms with Gasteiger partial charge in [0.2, 0.25) is 5.78 Å². The fourth-order valence-corrected chi connectivity index (χ4v) is 7.12. The molecular weight excluding hydrogens is 528 g/mol. The number of aliphatic hydroxyl groups excluding tert-OH is 2. The Hall–Kier alpha value is -3.93. The number of hydrogen-bond donors (Lipinski definition) is 5. The standard InChI is InChI=1S/C30H36N4O7/c1-32(2)12-13-7-8-15-16(9-13)24(35)20-17(22(15)33(3)4)10-14-11-18-23(34(5)6)26(37)21(29(31)40)28(39)30(18,41)27(38)19(14)25(20)36/h7-9,14,18,23,35,37-38,41H,10-12H2,1-6H3,(H2,31,40)/t14-,18-,23-,30-/m0/s1. The number of aliphatic hydroxyl groups is 3. The number of nitrogens with zero attached hydrogens (tertiary/aromatic N) is 3. The summed E-state index contributed by atoms with van der Waals surface area (Å²) in [6.07, 6.45) is 0.268. The Kier molecular flexibility index (Phi) is 6.68. The molecule has 0 bridgehead atoms. The van der Waals surface area contributed by atoms with Crippen molar-refractivity contribution in [3.05, 3.63) is 57.6 Å². The van der Waals surface area contributed by atoms with E-state index in [1.165, 1.54) is 4.90 Å². The van der Waals surface area contributed by atoms with Crippen molar-refractivity contribution in [2.24, 2.45) is 17.6 Å². The Morgan fingerprint density at radius 1 is 1.05 bits per heavy atom. The van der Waals surface area contributed by atoms with Crippen LogP contribution in [0.4, 0.5) is 5.69 Å². The van der Waals surface area contributed by atoms with E-state index in [0.717, 1.165) is 16.6 Å². The van der Waals surface area contributed by atoms with Crippen LogP contribution >= 0.6 is 0 Å². The lowest BCUT2D eigenvalue weighted by Crippen LogP contribution is -2.63. The molecule has 5 rings (SSSR count). The number of ketones is 2. The minimum absolute atomic E-state index is 0.00369. The molecule has 0 aromatic heterocycles. The van der Waals surface area contributed by atoms with E-state index in [2.05, 4.69) is 0 Å². The molecule has 11 heteroatoms. The van der Waals surface area contributed by atoms with Gasteiger partial charge >= 0.3 is 0 Å². The van der Waals surface area contributed by atoms with E-state index in [9.17, 15) is 34.8 Å². The molecule has 0 heterocycles. The molecule has 6 N–H and O–H groups in total. The van der Waals surface area contributed by atoms with Crippen LogP contribution in [0, 0.1) is 11.8 Å². The van der Waals surface area contributed by atoms with Crippen molar-refractivity contribution in [1.29, 1.82) is 0 Å². The van der Waals surface area contributed by atoms with Crippen LogP contribution in [0.15, 0.2) is 40.9 Å². The lowest BCUT2D eigenvalue weighted by Gasteiger charge is -2.50. The molecule has 4 atom stereocenters. The van der Waals surface area contributed by atoms with Gasteiger partial charge in [-0.15, -0.1) is 0 Å². The minimum atomic E-state index is -2.67. The Morgan fingerprint density at radius 3 is 2.27 bits per heavy atom. The summed E-state index contributed by atoms with van der Waals surface area (Å²) in [5.41, 5.74) is 4.02. The molecule has 0 saturated carbocycles. The lowest BCUT2D eigenvalue weighted by molar-refractivity contribution is -0.148. The molecule has 11 nitrogen and oxygen atoms in total. The Bertz CT molecular complexity index is 1590. The van der Waals surface area contributed by atoms with Gasteiger partial charge in [-0.1, -0.05) is 12.1 Å². The SMILES string of the molecule is CN(C)Cc1ccc2c(N(C)C)c3c(c(O)c2c1)C(=O)C1=C(O)[C@]2(O)C(=O)C(C(N)=O)=C(O)[C@@H](N(C)C)[C@@H]2C[C@@H]1C3. The molecule has 2 aromatic carbocycles. The molecule has 0 unspecified atom stereocenters. The summed E-state index contributed by atoms with van der Waals surface area (Å²) < 4.78 is 0. The molecular formula is C30H36N4O7. The molecule has 1 amide bonds. The van der Waals surface area contributed by atoms with Crippen molar-refractivity contribution in [2.45, 2.75) is 31.0 Å². The predicted octanol–water partition coefficient (Wildman–Crippen LogP) is 1.40. The summed E-state index contributed by atoms with van der Waals surface area (Å²) >= 11 is 0. The number of benzene rings is 2. The van der Waals surface area contributed by atoms with Gasteiger partial charge in [-0.3, -0.25) is 19.3 Å². The summed E-state index contributed by atoms with van der Waals surface area (Å²) in [7, 11) is 10.8. The number of primary amides is 1. The van der Waals surface area contributed by atoms with Crippen molar-refractivity contribution in [3.8, 4) is 5.75 Å². The Balaban J connectivity index is 1.77. The monoisotopic (exact) mass is 564 g/mol. The first-order valence-corrected chi connectivity index (χ1v) is 13.4. The van der Waals surface area contributed by atoms with Crippen LogP contribution in [-0.4, -0.2) is 102 Å². The van der Waals surface area contributed by atoms with Crippen LogP contribution in [-0.2, 0) is 22.6 Å². The number of fused-ring (bicyclic) bond motifs is 4. The number of hydrogen-bond acceptors (Lipinski definition) is 10. The zero-order valence-corrected chi connectivity index (χ0v) is 24.0. The second-order valence-electron chi connectivity index (χ2n) is 12.0. The molecule has 0 aliphatic heterocycles. The highest BCUT2D eigenvalue weighted by molar-refractivity contribution is 6.25. The molecule has 0 fully saturated rings. The summed E-state index contributed by atoms with van der Waals surface area (Å²) in [6, 6.07) is 4.69. The number of amides is 1. The molecule has 218 valence electrons. The fourth-order valence-electron chi connectivity index (χ4n) is 7.12. The number of phenols is 1. The average molecular weight is 565 g/mol. The van der Waals surface area contributed by atoms with Crippen LogP contribution < -0.4 is 10.6 Å².